The minimum Gasteiger partial charge on any atom is -0.385 e. The summed E-state index contributed by atoms with van der Waals surface area (Å²) in [4.78, 5) is 7.09. The minimum absolute atomic E-state index is 0.0257. The predicted molar refractivity (Wildman–Crippen MR) is 164 cm³/mol. The summed E-state index contributed by atoms with van der Waals surface area (Å²) in [6, 6.07) is 33.9. The summed E-state index contributed by atoms with van der Waals surface area (Å²) in [7, 11) is 0. The molecule has 0 radical (unpaired) electrons. The van der Waals surface area contributed by atoms with E-state index in [-0.39, 0.29) is 12.1 Å². The first-order valence-corrected chi connectivity index (χ1v) is 14.0. The van der Waals surface area contributed by atoms with Crippen LogP contribution in [0.5, 0.6) is 0 Å². The number of pyridine rings is 1. The van der Waals surface area contributed by atoms with Crippen molar-refractivity contribution in [2.45, 2.75) is 32.4 Å². The molecule has 2 atom stereocenters. The molecule has 0 bridgehead atoms. The lowest BCUT2D eigenvalue weighted by atomic mass is 9.96. The molecule has 1 aliphatic rings. The van der Waals surface area contributed by atoms with E-state index in [0.717, 1.165) is 36.0 Å². The van der Waals surface area contributed by atoms with Crippen molar-refractivity contribution in [3.8, 4) is 5.69 Å². The Balaban J connectivity index is 1.36. The fourth-order valence-corrected chi connectivity index (χ4v) is 6.22. The first-order valence-electron chi connectivity index (χ1n) is 13.6. The zero-order valence-electron chi connectivity index (χ0n) is 22.3. The number of hydrogen-bond donors (Lipinski definition) is 2. The van der Waals surface area contributed by atoms with E-state index < -0.39 is 0 Å². The molecule has 2 aromatic heterocycles. The Labute approximate surface area is 235 Å². The van der Waals surface area contributed by atoms with Gasteiger partial charge in [0.05, 0.1) is 23.5 Å². The molecule has 0 amide bonds. The summed E-state index contributed by atoms with van der Waals surface area (Å²) in [5, 5.41) is 10.4. The number of nitrogens with zero attached hydrogens (tertiary/aromatic N) is 3. The second-order valence-electron chi connectivity index (χ2n) is 10.1. The molecular weight excluding hydrogens is 498 g/mol. The first kappa shape index (κ1) is 25.1. The SMILES string of the molecule is Cc1cc([C@H]2[C@H](c3ccccn3)NC(=S)N2CCCNc2ccccc2)c(C)n1-c1cccc2ccccc12. The molecule has 196 valence electrons. The standard InChI is InChI=1S/C33H33N5S/c1-23-22-28(24(2)38(23)30-18-10-13-25-12-6-7-16-27(25)30)32-31(29-17-8-9-19-35-29)36-33(39)37(32)21-11-20-34-26-14-4-3-5-15-26/h3-10,12-19,22,31-32,34H,11,20-21H2,1-2H3,(H,36,39)/t31-,32-/m0/s1. The maximum Gasteiger partial charge on any atom is 0.170 e. The quantitative estimate of drug-likeness (QED) is 0.165. The normalized spacial score (nSPS) is 17.0. The molecule has 39 heavy (non-hydrogen) atoms. The van der Waals surface area contributed by atoms with Gasteiger partial charge in [-0.15, -0.1) is 0 Å². The highest BCUT2D eigenvalue weighted by atomic mass is 32.1. The fourth-order valence-electron chi connectivity index (χ4n) is 5.88. The van der Waals surface area contributed by atoms with Crippen LogP contribution in [0, 0.1) is 13.8 Å². The monoisotopic (exact) mass is 531 g/mol. The Morgan fingerprint density at radius 3 is 2.49 bits per heavy atom. The number of nitrogens with one attached hydrogen (secondary N) is 2. The van der Waals surface area contributed by atoms with Gasteiger partial charge in [-0.3, -0.25) is 4.98 Å². The Kier molecular flexibility index (Phi) is 7.03. The van der Waals surface area contributed by atoms with E-state index in [1.54, 1.807) is 0 Å². The van der Waals surface area contributed by atoms with Gasteiger partial charge in [0.2, 0.25) is 0 Å². The topological polar surface area (TPSA) is 45.1 Å². The lowest BCUT2D eigenvalue weighted by molar-refractivity contribution is 0.315. The summed E-state index contributed by atoms with van der Waals surface area (Å²) >= 11 is 5.94. The van der Waals surface area contributed by atoms with Crippen LogP contribution in [0.2, 0.25) is 0 Å². The van der Waals surface area contributed by atoms with Gasteiger partial charge in [-0.2, -0.15) is 0 Å². The minimum atomic E-state index is -0.0257. The third-order valence-corrected chi connectivity index (χ3v) is 8.03. The summed E-state index contributed by atoms with van der Waals surface area (Å²) in [5.41, 5.74) is 7.07. The van der Waals surface area contributed by atoms with E-state index in [0.29, 0.717) is 0 Å². The van der Waals surface area contributed by atoms with Gasteiger partial charge in [0.15, 0.2) is 5.11 Å². The van der Waals surface area contributed by atoms with Crippen LogP contribution in [0.1, 0.15) is 41.1 Å². The number of hydrogen-bond acceptors (Lipinski definition) is 3. The van der Waals surface area contributed by atoms with E-state index in [2.05, 4.69) is 119 Å². The van der Waals surface area contributed by atoms with Crippen molar-refractivity contribution in [3.05, 3.63) is 126 Å². The summed E-state index contributed by atoms with van der Waals surface area (Å²) in [5.74, 6) is 0. The van der Waals surface area contributed by atoms with Gasteiger partial charge in [0.25, 0.3) is 0 Å². The molecule has 1 fully saturated rings. The van der Waals surface area contributed by atoms with Crippen molar-refractivity contribution < 1.29 is 0 Å². The maximum absolute atomic E-state index is 5.94. The molecule has 6 rings (SSSR count). The molecule has 0 aliphatic carbocycles. The molecule has 1 aliphatic heterocycles. The van der Waals surface area contributed by atoms with Crippen LogP contribution in [-0.4, -0.2) is 32.7 Å². The number of benzene rings is 3. The van der Waals surface area contributed by atoms with E-state index in [4.69, 9.17) is 17.2 Å². The molecular formula is C33H33N5S. The van der Waals surface area contributed by atoms with Crippen LogP contribution in [0.15, 0.2) is 103 Å². The largest absolute Gasteiger partial charge is 0.385 e. The molecule has 5 aromatic rings. The van der Waals surface area contributed by atoms with Crippen LogP contribution in [0.3, 0.4) is 0 Å². The van der Waals surface area contributed by atoms with Crippen molar-refractivity contribution in [2.75, 3.05) is 18.4 Å². The lowest BCUT2D eigenvalue weighted by Crippen LogP contribution is -2.31. The average molecular weight is 532 g/mol. The van der Waals surface area contributed by atoms with Gasteiger partial charge < -0.3 is 20.1 Å². The zero-order valence-corrected chi connectivity index (χ0v) is 23.2. The van der Waals surface area contributed by atoms with Gasteiger partial charge in [-0.1, -0.05) is 60.7 Å². The number of rotatable bonds is 8. The molecule has 3 aromatic carbocycles. The Morgan fingerprint density at radius 1 is 0.897 bits per heavy atom. The lowest BCUT2D eigenvalue weighted by Gasteiger charge is -2.28. The zero-order chi connectivity index (χ0) is 26.8. The smallest absolute Gasteiger partial charge is 0.170 e. The molecule has 2 N–H and O–H groups in total. The van der Waals surface area contributed by atoms with Crippen LogP contribution in [0.25, 0.3) is 16.5 Å². The van der Waals surface area contributed by atoms with Gasteiger partial charge in [-0.05, 0) is 79.8 Å². The molecule has 5 nitrogen and oxygen atoms in total. The third kappa shape index (κ3) is 4.88. The second-order valence-corrected chi connectivity index (χ2v) is 10.5. The van der Waals surface area contributed by atoms with Crippen LogP contribution >= 0.6 is 12.2 Å². The molecule has 0 saturated carbocycles. The third-order valence-electron chi connectivity index (χ3n) is 7.67. The summed E-state index contributed by atoms with van der Waals surface area (Å²) in [6.45, 7) is 6.15. The van der Waals surface area contributed by atoms with Crippen molar-refractivity contribution in [3.63, 3.8) is 0 Å². The average Bonchev–Trinajstić information content (AvgIpc) is 3.46. The highest BCUT2D eigenvalue weighted by Gasteiger charge is 2.41. The molecule has 6 heteroatoms. The van der Waals surface area contributed by atoms with Crippen molar-refractivity contribution >= 4 is 33.8 Å². The number of aryl methyl sites for hydroxylation is 1. The maximum atomic E-state index is 5.94. The Bertz CT molecular complexity index is 1590. The van der Waals surface area contributed by atoms with Crippen molar-refractivity contribution in [1.29, 1.82) is 0 Å². The van der Waals surface area contributed by atoms with Crippen molar-refractivity contribution in [2.24, 2.45) is 0 Å². The van der Waals surface area contributed by atoms with Gasteiger partial charge >= 0.3 is 0 Å². The Morgan fingerprint density at radius 2 is 1.67 bits per heavy atom. The summed E-state index contributed by atoms with van der Waals surface area (Å²) in [6.07, 6.45) is 2.83. The van der Waals surface area contributed by atoms with E-state index in [1.807, 2.05) is 18.3 Å². The highest BCUT2D eigenvalue weighted by Crippen LogP contribution is 2.42. The van der Waals surface area contributed by atoms with E-state index in [9.17, 15) is 0 Å². The summed E-state index contributed by atoms with van der Waals surface area (Å²) < 4.78 is 2.39. The molecule has 0 unspecified atom stereocenters. The number of aromatic nitrogens is 2. The van der Waals surface area contributed by atoms with Gasteiger partial charge in [-0.25, -0.2) is 0 Å². The number of anilines is 1. The fraction of sp³-hybridized carbons (Fsp3) is 0.212. The predicted octanol–water partition coefficient (Wildman–Crippen LogP) is 7.12. The van der Waals surface area contributed by atoms with Crippen LogP contribution in [-0.2, 0) is 0 Å². The van der Waals surface area contributed by atoms with Crippen LogP contribution < -0.4 is 10.6 Å². The van der Waals surface area contributed by atoms with Crippen LogP contribution in [0.4, 0.5) is 5.69 Å². The first-order chi connectivity index (χ1) is 19.1. The molecule has 3 heterocycles. The van der Waals surface area contributed by atoms with E-state index >= 15 is 0 Å². The van der Waals surface area contributed by atoms with E-state index in [1.165, 1.54) is 33.4 Å². The Hall–Kier alpha value is -4.16. The highest BCUT2D eigenvalue weighted by molar-refractivity contribution is 7.80. The van der Waals surface area contributed by atoms with Crippen molar-refractivity contribution in [1.82, 2.24) is 19.8 Å². The number of fused-ring (bicyclic) bond motifs is 1. The second kappa shape index (κ2) is 10.9. The van der Waals surface area contributed by atoms with Gasteiger partial charge in [0, 0.05) is 41.7 Å². The molecule has 1 saturated heterocycles. The number of para-hydroxylation sites is 1. The number of thiocarbonyl (C=S) groups is 1. The van der Waals surface area contributed by atoms with Gasteiger partial charge in [0.1, 0.15) is 0 Å². The molecule has 0 spiro atoms.